The van der Waals surface area contributed by atoms with E-state index in [1.54, 1.807) is 0 Å². The van der Waals surface area contributed by atoms with Crippen LogP contribution in [0.5, 0.6) is 0 Å². The van der Waals surface area contributed by atoms with Crippen LogP contribution in [0.1, 0.15) is 12.8 Å². The predicted octanol–water partition coefficient (Wildman–Crippen LogP) is 2.33. The van der Waals surface area contributed by atoms with Crippen molar-refractivity contribution in [1.29, 1.82) is 0 Å². The molecule has 2 N–H and O–H groups in total. The summed E-state index contributed by atoms with van der Waals surface area (Å²) < 4.78 is 0. The fourth-order valence-corrected chi connectivity index (χ4v) is 1.04. The molecule has 2 aliphatic rings. The van der Waals surface area contributed by atoms with Crippen molar-refractivity contribution in [3.05, 3.63) is 48.1 Å². The summed E-state index contributed by atoms with van der Waals surface area (Å²) in [6.07, 6.45) is 16.8. The zero-order valence-corrected chi connectivity index (χ0v) is 8.70. The molecule has 0 radical (unpaired) electrons. The van der Waals surface area contributed by atoms with Crippen molar-refractivity contribution in [1.82, 2.24) is 0 Å². The van der Waals surface area contributed by atoms with E-state index in [4.69, 9.17) is 5.73 Å². The number of allylic oxidation sites excluding steroid dienone is 7. The molecule has 0 aliphatic heterocycles. The molecule has 0 fully saturated rings. The molecule has 0 atom stereocenters. The van der Waals surface area contributed by atoms with Gasteiger partial charge in [-0.25, -0.2) is 0 Å². The molecule has 0 bridgehead atoms. The molecular weight excluding hydrogens is 202 g/mol. The molecule has 2 aliphatic carbocycles. The van der Waals surface area contributed by atoms with E-state index in [2.05, 4.69) is 36.5 Å². The van der Waals surface area contributed by atoms with Crippen molar-refractivity contribution in [3.63, 3.8) is 0 Å². The molecule has 13 heavy (non-hydrogen) atoms. The number of hydrogen-bond acceptors (Lipinski definition) is 1. The van der Waals surface area contributed by atoms with Gasteiger partial charge in [0.15, 0.2) is 0 Å². The van der Waals surface area contributed by atoms with E-state index >= 15 is 0 Å². The van der Waals surface area contributed by atoms with Crippen LogP contribution in [0.4, 0.5) is 0 Å². The molecule has 72 valence electrons. The Hall–Kier alpha value is -0.561. The van der Waals surface area contributed by atoms with Crippen molar-refractivity contribution < 1.29 is 17.1 Å². The van der Waals surface area contributed by atoms with Crippen molar-refractivity contribution in [3.8, 4) is 0 Å². The summed E-state index contributed by atoms with van der Waals surface area (Å²) in [5, 5.41) is 0. The Balaban J connectivity index is 0.000000215. The van der Waals surface area contributed by atoms with Crippen LogP contribution in [0.25, 0.3) is 0 Å². The van der Waals surface area contributed by atoms with Gasteiger partial charge in [-0.15, -0.1) is 0 Å². The molecule has 0 spiro atoms. The standard InChI is InChI=1S/C6H9N.C5H6.Fe/c7-5-6-3-1-2-4-6;1-2-4-5-3-1;/h1-3H,4-5,7H2;1-4H,5H2;. The Morgan fingerprint density at radius 1 is 1.08 bits per heavy atom. The van der Waals surface area contributed by atoms with E-state index in [0.717, 1.165) is 12.8 Å². The Kier molecular flexibility index (Phi) is 7.71. The third-order valence-electron chi connectivity index (χ3n) is 1.77. The number of hydrogen-bond donors (Lipinski definition) is 1. The van der Waals surface area contributed by atoms with E-state index in [1.165, 1.54) is 5.57 Å². The largest absolute Gasteiger partial charge is 0.327 e. The first-order valence-electron chi connectivity index (χ1n) is 4.30. The molecule has 2 rings (SSSR count). The molecule has 1 nitrogen and oxygen atoms in total. The van der Waals surface area contributed by atoms with Crippen LogP contribution in [-0.2, 0) is 17.1 Å². The summed E-state index contributed by atoms with van der Waals surface area (Å²) >= 11 is 0. The summed E-state index contributed by atoms with van der Waals surface area (Å²) in [4.78, 5) is 0. The van der Waals surface area contributed by atoms with Gasteiger partial charge in [0.25, 0.3) is 0 Å². The Labute approximate surface area is 90.6 Å². The Morgan fingerprint density at radius 3 is 2.00 bits per heavy atom. The van der Waals surface area contributed by atoms with Crippen LogP contribution in [0.15, 0.2) is 48.1 Å². The number of rotatable bonds is 1. The maximum absolute atomic E-state index is 5.33. The van der Waals surface area contributed by atoms with Crippen LogP contribution >= 0.6 is 0 Å². The normalized spacial score (nSPS) is 16.2. The third-order valence-corrected chi connectivity index (χ3v) is 1.77. The molecule has 0 unspecified atom stereocenters. The van der Waals surface area contributed by atoms with Gasteiger partial charge in [0.1, 0.15) is 0 Å². The minimum Gasteiger partial charge on any atom is -0.327 e. The Morgan fingerprint density at radius 2 is 1.77 bits per heavy atom. The van der Waals surface area contributed by atoms with Gasteiger partial charge < -0.3 is 5.73 Å². The minimum atomic E-state index is 0. The fraction of sp³-hybridized carbons (Fsp3) is 0.273. The number of nitrogens with two attached hydrogens (primary N) is 1. The van der Waals surface area contributed by atoms with Gasteiger partial charge in [-0.3, -0.25) is 0 Å². The van der Waals surface area contributed by atoms with Gasteiger partial charge in [-0.05, 0) is 12.8 Å². The zero-order valence-electron chi connectivity index (χ0n) is 7.59. The average Bonchev–Trinajstić information content (AvgIpc) is 2.81. The summed E-state index contributed by atoms with van der Waals surface area (Å²) in [5.41, 5.74) is 6.66. The molecule has 0 heterocycles. The molecule has 2 heteroatoms. The smallest absolute Gasteiger partial charge is 0.0143 e. The second-order valence-electron chi connectivity index (χ2n) is 2.75. The monoisotopic (exact) mass is 217 g/mol. The average molecular weight is 217 g/mol. The van der Waals surface area contributed by atoms with E-state index in [1.807, 2.05) is 6.08 Å². The summed E-state index contributed by atoms with van der Waals surface area (Å²) in [7, 11) is 0. The van der Waals surface area contributed by atoms with Crippen LogP contribution in [0, 0.1) is 0 Å². The van der Waals surface area contributed by atoms with Crippen LogP contribution in [0.3, 0.4) is 0 Å². The summed E-state index contributed by atoms with van der Waals surface area (Å²) in [5.74, 6) is 0. The molecule has 0 aromatic heterocycles. The minimum absolute atomic E-state index is 0. The van der Waals surface area contributed by atoms with Gasteiger partial charge >= 0.3 is 0 Å². The fourth-order valence-electron chi connectivity index (χ4n) is 1.04. The molecular formula is C11H15FeN. The molecule has 0 saturated heterocycles. The maximum Gasteiger partial charge on any atom is 0.0143 e. The van der Waals surface area contributed by atoms with Gasteiger partial charge in [-0.1, -0.05) is 48.1 Å². The van der Waals surface area contributed by atoms with E-state index < -0.39 is 0 Å². The first kappa shape index (κ1) is 12.4. The topological polar surface area (TPSA) is 26.0 Å². The Bertz CT molecular complexity index is 226. The first-order valence-corrected chi connectivity index (χ1v) is 4.30. The quantitative estimate of drug-likeness (QED) is 0.670. The zero-order chi connectivity index (χ0) is 8.65. The van der Waals surface area contributed by atoms with Gasteiger partial charge in [-0.2, -0.15) is 0 Å². The van der Waals surface area contributed by atoms with E-state index in [0.29, 0.717) is 6.54 Å². The third kappa shape index (κ3) is 5.64. The van der Waals surface area contributed by atoms with Gasteiger partial charge in [0.05, 0.1) is 0 Å². The van der Waals surface area contributed by atoms with Gasteiger partial charge in [0, 0.05) is 23.6 Å². The molecule has 0 aromatic rings. The van der Waals surface area contributed by atoms with E-state index in [9.17, 15) is 0 Å². The van der Waals surface area contributed by atoms with Gasteiger partial charge in [0.2, 0.25) is 0 Å². The van der Waals surface area contributed by atoms with Crippen molar-refractivity contribution >= 4 is 0 Å². The SMILES string of the molecule is C1=CCC=C1.NCC1=CC=CC1.[Fe]. The van der Waals surface area contributed by atoms with Crippen molar-refractivity contribution in [2.45, 2.75) is 12.8 Å². The van der Waals surface area contributed by atoms with E-state index in [-0.39, 0.29) is 17.1 Å². The second kappa shape index (κ2) is 8.06. The molecule has 0 amide bonds. The van der Waals surface area contributed by atoms with Crippen LogP contribution in [-0.4, -0.2) is 6.54 Å². The van der Waals surface area contributed by atoms with Crippen molar-refractivity contribution in [2.24, 2.45) is 5.73 Å². The van der Waals surface area contributed by atoms with Crippen LogP contribution < -0.4 is 5.73 Å². The molecule has 0 aromatic carbocycles. The summed E-state index contributed by atoms with van der Waals surface area (Å²) in [6, 6.07) is 0. The van der Waals surface area contributed by atoms with Crippen LogP contribution in [0.2, 0.25) is 0 Å². The first-order chi connectivity index (χ1) is 5.93. The predicted molar refractivity (Wildman–Crippen MR) is 53.8 cm³/mol. The van der Waals surface area contributed by atoms with Crippen molar-refractivity contribution in [2.75, 3.05) is 6.54 Å². The maximum atomic E-state index is 5.33. The molecule has 0 saturated carbocycles. The summed E-state index contributed by atoms with van der Waals surface area (Å²) in [6.45, 7) is 0.715. The second-order valence-corrected chi connectivity index (χ2v) is 2.75.